The Morgan fingerprint density at radius 1 is 1.04 bits per heavy atom. The van der Waals surface area contributed by atoms with Gasteiger partial charge in [0.2, 0.25) is 0 Å². The number of halogens is 1. The zero-order valence-corrected chi connectivity index (χ0v) is 15.9. The molecule has 2 aromatic rings. The molecule has 0 heterocycles. The van der Waals surface area contributed by atoms with Gasteiger partial charge in [-0.3, -0.25) is 9.59 Å². The Labute approximate surface area is 155 Å². The molecule has 2 amide bonds. The van der Waals surface area contributed by atoms with Gasteiger partial charge in [-0.1, -0.05) is 34.1 Å². The van der Waals surface area contributed by atoms with Crippen molar-refractivity contribution < 1.29 is 14.3 Å². The molecule has 5 nitrogen and oxygen atoms in total. The van der Waals surface area contributed by atoms with Gasteiger partial charge in [-0.25, -0.2) is 0 Å². The molecule has 0 radical (unpaired) electrons. The monoisotopic (exact) mass is 404 g/mol. The highest BCUT2D eigenvalue weighted by Crippen LogP contribution is 2.20. The minimum atomic E-state index is -0.224. The van der Waals surface area contributed by atoms with E-state index in [0.29, 0.717) is 24.4 Å². The van der Waals surface area contributed by atoms with E-state index in [2.05, 4.69) is 26.6 Å². The zero-order valence-electron chi connectivity index (χ0n) is 14.3. The SMILES string of the molecule is Cc1cccc(OCC(=O)NCCNC(=O)c2cccc(Br)c2)c1C. The van der Waals surface area contributed by atoms with E-state index in [1.54, 1.807) is 18.2 Å². The standard InChI is InChI=1S/C19H21BrN2O3/c1-13-5-3-8-17(14(13)2)25-12-18(23)21-9-10-22-19(24)15-6-4-7-16(20)11-15/h3-8,11H,9-10,12H2,1-2H3,(H,21,23)(H,22,24). The van der Waals surface area contributed by atoms with Gasteiger partial charge in [-0.05, 0) is 49.2 Å². The van der Waals surface area contributed by atoms with E-state index in [1.807, 2.05) is 38.1 Å². The molecule has 0 atom stereocenters. The summed E-state index contributed by atoms with van der Waals surface area (Å²) in [6, 6.07) is 12.9. The van der Waals surface area contributed by atoms with Crippen molar-refractivity contribution in [3.05, 3.63) is 63.6 Å². The fourth-order valence-electron chi connectivity index (χ4n) is 2.18. The van der Waals surface area contributed by atoms with Crippen LogP contribution in [0.3, 0.4) is 0 Å². The first kappa shape index (κ1) is 19.0. The predicted octanol–water partition coefficient (Wildman–Crippen LogP) is 2.99. The second kappa shape index (κ2) is 9.22. The number of carbonyl (C=O) groups excluding carboxylic acids is 2. The number of amides is 2. The number of hydrogen-bond acceptors (Lipinski definition) is 3. The van der Waals surface area contributed by atoms with Gasteiger partial charge in [0.05, 0.1) is 0 Å². The summed E-state index contributed by atoms with van der Waals surface area (Å²) in [6.45, 7) is 4.59. The van der Waals surface area contributed by atoms with Crippen LogP contribution in [0.2, 0.25) is 0 Å². The maximum absolute atomic E-state index is 12.0. The van der Waals surface area contributed by atoms with Gasteiger partial charge >= 0.3 is 0 Å². The van der Waals surface area contributed by atoms with Crippen molar-refractivity contribution in [1.29, 1.82) is 0 Å². The van der Waals surface area contributed by atoms with E-state index < -0.39 is 0 Å². The highest BCUT2D eigenvalue weighted by Gasteiger charge is 2.07. The van der Waals surface area contributed by atoms with E-state index in [-0.39, 0.29) is 18.4 Å². The van der Waals surface area contributed by atoms with Crippen LogP contribution in [-0.2, 0) is 4.79 Å². The maximum atomic E-state index is 12.0. The minimum Gasteiger partial charge on any atom is -0.483 e. The molecule has 0 aliphatic heterocycles. The average Bonchev–Trinajstić information content (AvgIpc) is 2.59. The first-order valence-electron chi connectivity index (χ1n) is 7.97. The third kappa shape index (κ3) is 5.90. The van der Waals surface area contributed by atoms with Crippen molar-refractivity contribution in [3.63, 3.8) is 0 Å². The second-order valence-corrected chi connectivity index (χ2v) is 6.52. The molecular formula is C19H21BrN2O3. The van der Waals surface area contributed by atoms with E-state index in [9.17, 15) is 9.59 Å². The Morgan fingerprint density at radius 2 is 1.76 bits per heavy atom. The van der Waals surface area contributed by atoms with Crippen molar-refractivity contribution in [3.8, 4) is 5.75 Å². The van der Waals surface area contributed by atoms with Crippen molar-refractivity contribution >= 4 is 27.7 Å². The number of carbonyl (C=O) groups is 2. The Morgan fingerprint density at radius 3 is 2.52 bits per heavy atom. The minimum absolute atomic E-state index is 0.0517. The van der Waals surface area contributed by atoms with Crippen molar-refractivity contribution in [2.75, 3.05) is 19.7 Å². The molecule has 0 bridgehead atoms. The van der Waals surface area contributed by atoms with Crippen LogP contribution >= 0.6 is 15.9 Å². The van der Waals surface area contributed by atoms with Gasteiger partial charge in [0.25, 0.3) is 11.8 Å². The van der Waals surface area contributed by atoms with E-state index in [4.69, 9.17) is 4.74 Å². The lowest BCUT2D eigenvalue weighted by molar-refractivity contribution is -0.123. The molecule has 0 aliphatic carbocycles. The highest BCUT2D eigenvalue weighted by atomic mass is 79.9. The van der Waals surface area contributed by atoms with Gasteiger partial charge < -0.3 is 15.4 Å². The third-order valence-electron chi connectivity index (χ3n) is 3.73. The average molecular weight is 405 g/mol. The summed E-state index contributed by atoms with van der Waals surface area (Å²) in [5.74, 6) is 0.304. The van der Waals surface area contributed by atoms with Gasteiger partial charge in [0.15, 0.2) is 6.61 Å². The quantitative estimate of drug-likeness (QED) is 0.696. The Kier molecular flexibility index (Phi) is 7.01. The Bertz CT molecular complexity index is 762. The van der Waals surface area contributed by atoms with Crippen LogP contribution in [0.25, 0.3) is 0 Å². The summed E-state index contributed by atoms with van der Waals surface area (Å²) in [5, 5.41) is 5.47. The van der Waals surface area contributed by atoms with Gasteiger partial charge in [0.1, 0.15) is 5.75 Å². The molecule has 0 fully saturated rings. The van der Waals surface area contributed by atoms with E-state index in [1.165, 1.54) is 0 Å². The molecule has 6 heteroatoms. The first-order chi connectivity index (χ1) is 12.0. The molecule has 2 N–H and O–H groups in total. The van der Waals surface area contributed by atoms with Crippen LogP contribution in [0, 0.1) is 13.8 Å². The van der Waals surface area contributed by atoms with Crippen LogP contribution in [0.5, 0.6) is 5.75 Å². The lowest BCUT2D eigenvalue weighted by atomic mass is 10.1. The number of nitrogens with one attached hydrogen (secondary N) is 2. The number of hydrogen-bond donors (Lipinski definition) is 2. The normalized spacial score (nSPS) is 10.2. The number of rotatable bonds is 7. The first-order valence-corrected chi connectivity index (χ1v) is 8.76. The van der Waals surface area contributed by atoms with E-state index in [0.717, 1.165) is 15.6 Å². The van der Waals surface area contributed by atoms with Crippen molar-refractivity contribution in [2.24, 2.45) is 0 Å². The number of ether oxygens (including phenoxy) is 1. The van der Waals surface area contributed by atoms with Gasteiger partial charge in [-0.15, -0.1) is 0 Å². The molecule has 25 heavy (non-hydrogen) atoms. The molecule has 132 valence electrons. The number of benzene rings is 2. The molecule has 0 saturated heterocycles. The summed E-state index contributed by atoms with van der Waals surface area (Å²) in [4.78, 5) is 23.8. The van der Waals surface area contributed by atoms with Crippen molar-refractivity contribution in [1.82, 2.24) is 10.6 Å². The summed E-state index contributed by atoms with van der Waals surface area (Å²) in [6.07, 6.45) is 0. The second-order valence-electron chi connectivity index (χ2n) is 5.60. The summed E-state index contributed by atoms with van der Waals surface area (Å²) in [7, 11) is 0. The molecule has 0 aliphatic rings. The molecule has 2 aromatic carbocycles. The predicted molar refractivity (Wildman–Crippen MR) is 101 cm³/mol. The summed E-state index contributed by atoms with van der Waals surface area (Å²) >= 11 is 3.33. The molecule has 2 rings (SSSR count). The summed E-state index contributed by atoms with van der Waals surface area (Å²) in [5.41, 5.74) is 2.71. The van der Waals surface area contributed by atoms with Gasteiger partial charge in [-0.2, -0.15) is 0 Å². The zero-order chi connectivity index (χ0) is 18.2. The van der Waals surface area contributed by atoms with Crippen LogP contribution in [0.15, 0.2) is 46.9 Å². The van der Waals surface area contributed by atoms with E-state index >= 15 is 0 Å². The fraction of sp³-hybridized carbons (Fsp3) is 0.263. The van der Waals surface area contributed by atoms with Crippen LogP contribution in [0.1, 0.15) is 21.5 Å². The molecule has 0 spiro atoms. The summed E-state index contributed by atoms with van der Waals surface area (Å²) < 4.78 is 6.38. The smallest absolute Gasteiger partial charge is 0.258 e. The lowest BCUT2D eigenvalue weighted by Gasteiger charge is -2.11. The largest absolute Gasteiger partial charge is 0.483 e. The molecule has 0 unspecified atom stereocenters. The van der Waals surface area contributed by atoms with Crippen LogP contribution in [0.4, 0.5) is 0 Å². The topological polar surface area (TPSA) is 67.4 Å². The Hall–Kier alpha value is -2.34. The Balaban J connectivity index is 1.68. The lowest BCUT2D eigenvalue weighted by Crippen LogP contribution is -2.36. The van der Waals surface area contributed by atoms with Crippen LogP contribution in [-0.4, -0.2) is 31.5 Å². The molecule has 0 aromatic heterocycles. The van der Waals surface area contributed by atoms with Crippen LogP contribution < -0.4 is 15.4 Å². The molecular weight excluding hydrogens is 384 g/mol. The number of aryl methyl sites for hydroxylation is 1. The van der Waals surface area contributed by atoms with Crippen molar-refractivity contribution in [2.45, 2.75) is 13.8 Å². The highest BCUT2D eigenvalue weighted by molar-refractivity contribution is 9.10. The fourth-order valence-corrected chi connectivity index (χ4v) is 2.58. The van der Waals surface area contributed by atoms with Gasteiger partial charge in [0, 0.05) is 23.1 Å². The molecule has 0 saturated carbocycles. The maximum Gasteiger partial charge on any atom is 0.258 e. The third-order valence-corrected chi connectivity index (χ3v) is 4.23.